The van der Waals surface area contributed by atoms with E-state index in [0.717, 1.165) is 30.9 Å². The van der Waals surface area contributed by atoms with E-state index in [1.807, 2.05) is 4.90 Å². The molecule has 1 saturated carbocycles. The number of hydrogen-bond acceptors (Lipinski definition) is 4. The summed E-state index contributed by atoms with van der Waals surface area (Å²) < 4.78 is 13.3. The number of rotatable bonds is 3. The molecule has 0 bridgehead atoms. The maximum atomic E-state index is 13.4. The number of halogens is 1. The zero-order chi connectivity index (χ0) is 18.4. The Bertz CT molecular complexity index is 800. The number of amides is 1. The van der Waals surface area contributed by atoms with Crippen molar-refractivity contribution in [1.29, 1.82) is 0 Å². The zero-order valence-corrected chi connectivity index (χ0v) is 15.2. The van der Waals surface area contributed by atoms with Crippen LogP contribution in [0.15, 0.2) is 42.9 Å². The number of benzene rings is 1. The van der Waals surface area contributed by atoms with Gasteiger partial charge in [0.1, 0.15) is 11.6 Å². The highest BCUT2D eigenvalue weighted by atomic mass is 19.1. The molecule has 1 aliphatic heterocycles. The lowest BCUT2D eigenvalue weighted by molar-refractivity contribution is -0.135. The van der Waals surface area contributed by atoms with Gasteiger partial charge in [-0.05, 0) is 29.5 Å². The van der Waals surface area contributed by atoms with Gasteiger partial charge in [0.25, 0.3) is 0 Å². The summed E-state index contributed by atoms with van der Waals surface area (Å²) in [6.45, 7) is 7.03. The summed E-state index contributed by atoms with van der Waals surface area (Å²) in [5.41, 5.74) is 0.282. The third-order valence-corrected chi connectivity index (χ3v) is 5.88. The minimum atomic E-state index is -0.532. The first kappa shape index (κ1) is 16.9. The van der Waals surface area contributed by atoms with Crippen LogP contribution < -0.4 is 4.90 Å². The van der Waals surface area contributed by atoms with Crippen molar-refractivity contribution in [3.05, 3.63) is 54.2 Å². The van der Waals surface area contributed by atoms with Gasteiger partial charge in [0.15, 0.2) is 0 Å². The number of nitrogens with zero attached hydrogens (tertiary/aromatic N) is 4. The number of piperazine rings is 1. The summed E-state index contributed by atoms with van der Waals surface area (Å²) in [4.78, 5) is 26.0. The third-order valence-electron chi connectivity index (χ3n) is 5.88. The molecular weight excluding hydrogens is 331 g/mol. The molecule has 6 heteroatoms. The summed E-state index contributed by atoms with van der Waals surface area (Å²) in [5, 5.41) is 0. The van der Waals surface area contributed by atoms with Crippen molar-refractivity contribution >= 4 is 11.7 Å². The Morgan fingerprint density at radius 3 is 2.27 bits per heavy atom. The highest BCUT2D eigenvalue weighted by molar-refractivity contribution is 5.93. The maximum Gasteiger partial charge on any atom is 0.233 e. The van der Waals surface area contributed by atoms with E-state index in [2.05, 4.69) is 28.7 Å². The Balaban J connectivity index is 1.51. The second kappa shape index (κ2) is 6.04. The molecule has 5 nitrogen and oxygen atoms in total. The second-order valence-corrected chi connectivity index (χ2v) is 7.82. The van der Waals surface area contributed by atoms with Crippen molar-refractivity contribution in [1.82, 2.24) is 14.9 Å². The largest absolute Gasteiger partial charge is 0.352 e. The lowest BCUT2D eigenvalue weighted by atomic mass is 9.86. The molecule has 1 saturated heterocycles. The standard InChI is InChI=1S/C20H23FN4O/c1-19(2)14-20(19,15-3-5-16(21)6-4-15)18(26)25-11-9-24(10-12-25)17-13-22-7-8-23-17/h3-8,13H,9-12,14H2,1-2H3. The van der Waals surface area contributed by atoms with E-state index in [4.69, 9.17) is 0 Å². The maximum absolute atomic E-state index is 13.4. The average Bonchev–Trinajstić information content (AvgIpc) is 3.26. The molecule has 0 radical (unpaired) electrons. The van der Waals surface area contributed by atoms with Crippen molar-refractivity contribution in [3.8, 4) is 0 Å². The van der Waals surface area contributed by atoms with Gasteiger partial charge < -0.3 is 9.80 Å². The second-order valence-electron chi connectivity index (χ2n) is 7.82. The number of carbonyl (C=O) groups excluding carboxylic acids is 1. The predicted molar refractivity (Wildman–Crippen MR) is 97.3 cm³/mol. The van der Waals surface area contributed by atoms with Gasteiger partial charge in [-0.15, -0.1) is 0 Å². The molecule has 2 aromatic rings. The van der Waals surface area contributed by atoms with E-state index >= 15 is 0 Å². The lowest BCUT2D eigenvalue weighted by Crippen LogP contribution is -2.52. The highest BCUT2D eigenvalue weighted by Gasteiger charge is 2.68. The number of aromatic nitrogens is 2. The molecule has 2 heterocycles. The molecule has 0 N–H and O–H groups in total. The summed E-state index contributed by atoms with van der Waals surface area (Å²) in [6.07, 6.45) is 5.89. The topological polar surface area (TPSA) is 49.3 Å². The Labute approximate surface area is 152 Å². The summed E-state index contributed by atoms with van der Waals surface area (Å²) >= 11 is 0. The average molecular weight is 354 g/mol. The van der Waals surface area contributed by atoms with Crippen LogP contribution in [0.25, 0.3) is 0 Å². The Morgan fingerprint density at radius 2 is 1.73 bits per heavy atom. The van der Waals surface area contributed by atoms with Crippen LogP contribution in [0.4, 0.5) is 10.2 Å². The van der Waals surface area contributed by atoms with E-state index in [1.54, 1.807) is 30.7 Å². The van der Waals surface area contributed by atoms with Gasteiger partial charge in [-0.3, -0.25) is 9.78 Å². The highest BCUT2D eigenvalue weighted by Crippen LogP contribution is 2.65. The predicted octanol–water partition coefficient (Wildman–Crippen LogP) is 2.63. The van der Waals surface area contributed by atoms with Crippen LogP contribution in [-0.4, -0.2) is 47.0 Å². The van der Waals surface area contributed by atoms with E-state index in [1.165, 1.54) is 12.1 Å². The van der Waals surface area contributed by atoms with Crippen molar-refractivity contribution in [2.75, 3.05) is 31.1 Å². The van der Waals surface area contributed by atoms with Crippen LogP contribution in [0.2, 0.25) is 0 Å². The van der Waals surface area contributed by atoms with Crippen LogP contribution >= 0.6 is 0 Å². The van der Waals surface area contributed by atoms with Gasteiger partial charge in [-0.25, -0.2) is 9.37 Å². The third kappa shape index (κ3) is 2.64. The van der Waals surface area contributed by atoms with Gasteiger partial charge in [-0.2, -0.15) is 0 Å². The van der Waals surface area contributed by atoms with Crippen molar-refractivity contribution in [3.63, 3.8) is 0 Å². The fourth-order valence-corrected chi connectivity index (χ4v) is 4.20. The van der Waals surface area contributed by atoms with Gasteiger partial charge in [0.2, 0.25) is 5.91 Å². The molecule has 1 atom stereocenters. The molecule has 136 valence electrons. The Hall–Kier alpha value is -2.50. The normalized spacial score (nSPS) is 24.4. The fraction of sp³-hybridized carbons (Fsp3) is 0.450. The molecule has 1 unspecified atom stereocenters. The Kier molecular flexibility index (Phi) is 3.93. The van der Waals surface area contributed by atoms with Crippen LogP contribution in [0.5, 0.6) is 0 Å². The molecular formula is C20H23FN4O. The molecule has 1 aromatic carbocycles. The first-order valence-electron chi connectivity index (χ1n) is 9.00. The van der Waals surface area contributed by atoms with Gasteiger partial charge >= 0.3 is 0 Å². The van der Waals surface area contributed by atoms with E-state index in [9.17, 15) is 9.18 Å². The zero-order valence-electron chi connectivity index (χ0n) is 15.2. The number of anilines is 1. The monoisotopic (exact) mass is 354 g/mol. The minimum absolute atomic E-state index is 0.107. The van der Waals surface area contributed by atoms with E-state index in [0.29, 0.717) is 13.1 Å². The van der Waals surface area contributed by atoms with Crippen LogP contribution in [-0.2, 0) is 10.2 Å². The van der Waals surface area contributed by atoms with Crippen LogP contribution in [0.3, 0.4) is 0 Å². The molecule has 26 heavy (non-hydrogen) atoms. The molecule has 0 spiro atoms. The molecule has 2 aliphatic rings. The number of hydrogen-bond donors (Lipinski definition) is 0. The van der Waals surface area contributed by atoms with Gasteiger partial charge in [-0.1, -0.05) is 26.0 Å². The molecule has 1 amide bonds. The van der Waals surface area contributed by atoms with Gasteiger partial charge in [0.05, 0.1) is 11.6 Å². The van der Waals surface area contributed by atoms with E-state index in [-0.39, 0.29) is 17.1 Å². The van der Waals surface area contributed by atoms with Crippen molar-refractivity contribution < 1.29 is 9.18 Å². The van der Waals surface area contributed by atoms with Crippen LogP contribution in [0, 0.1) is 11.2 Å². The lowest BCUT2D eigenvalue weighted by Gasteiger charge is -2.38. The fourth-order valence-electron chi connectivity index (χ4n) is 4.20. The SMILES string of the molecule is CC1(C)CC1(C(=O)N1CCN(c2cnccn2)CC1)c1ccc(F)cc1. The van der Waals surface area contributed by atoms with Crippen LogP contribution in [0.1, 0.15) is 25.8 Å². The smallest absolute Gasteiger partial charge is 0.233 e. The molecule has 1 aliphatic carbocycles. The van der Waals surface area contributed by atoms with E-state index < -0.39 is 5.41 Å². The summed E-state index contributed by atoms with van der Waals surface area (Å²) in [5.74, 6) is 0.736. The van der Waals surface area contributed by atoms with Crippen molar-refractivity contribution in [2.45, 2.75) is 25.7 Å². The summed E-state index contributed by atoms with van der Waals surface area (Å²) in [7, 11) is 0. The Morgan fingerprint density at radius 1 is 1.08 bits per heavy atom. The minimum Gasteiger partial charge on any atom is -0.352 e. The summed E-state index contributed by atoms with van der Waals surface area (Å²) in [6, 6.07) is 6.42. The number of carbonyl (C=O) groups is 1. The first-order chi connectivity index (χ1) is 12.4. The molecule has 2 fully saturated rings. The van der Waals surface area contributed by atoms with Gasteiger partial charge in [0, 0.05) is 38.6 Å². The molecule has 1 aromatic heterocycles. The molecule has 4 rings (SSSR count). The quantitative estimate of drug-likeness (QED) is 0.850. The first-order valence-corrected chi connectivity index (χ1v) is 9.00. The van der Waals surface area contributed by atoms with Crippen molar-refractivity contribution in [2.24, 2.45) is 5.41 Å².